The molecule has 210 valence electrons. The van der Waals surface area contributed by atoms with Gasteiger partial charge in [0.25, 0.3) is 0 Å². The molecule has 7 nitrogen and oxygen atoms in total. The van der Waals surface area contributed by atoms with E-state index >= 15 is 0 Å². The van der Waals surface area contributed by atoms with Crippen LogP contribution in [0, 0.1) is 6.92 Å². The summed E-state index contributed by atoms with van der Waals surface area (Å²) < 4.78 is 16.9. The van der Waals surface area contributed by atoms with Gasteiger partial charge >= 0.3 is 5.97 Å². The van der Waals surface area contributed by atoms with Crippen molar-refractivity contribution in [3.8, 4) is 22.8 Å². The first kappa shape index (κ1) is 28.1. The molecule has 0 aliphatic carbocycles. The third-order valence-electron chi connectivity index (χ3n) is 6.95. The lowest BCUT2D eigenvalue weighted by atomic mass is 9.97. The third kappa shape index (κ3) is 7.81. The van der Waals surface area contributed by atoms with E-state index in [1.807, 2.05) is 43.5 Å². The van der Waals surface area contributed by atoms with E-state index < -0.39 is 5.97 Å². The third-order valence-corrected chi connectivity index (χ3v) is 6.95. The van der Waals surface area contributed by atoms with Crippen LogP contribution in [0.15, 0.2) is 97.2 Å². The standard InChI is InChI=1S/C34H34N2O5/c1-25-21-30(12-14-33(25)41-24-34(37)38)40-18-15-31(29-11-13-32(35-22-29)28-5-3-2-4-6-28)27-9-7-26(8-10-27)23-36-16-19-39-20-17-36/h2-15,21-22H,16-20,23-24H2,1H3,(H,37,38)/b31-15+. The molecule has 4 aromatic rings. The van der Waals surface area contributed by atoms with E-state index in [4.69, 9.17) is 24.3 Å². The summed E-state index contributed by atoms with van der Waals surface area (Å²) in [5.74, 6) is 0.194. The Hall–Kier alpha value is -4.46. The minimum absolute atomic E-state index is 0.347. The molecule has 0 radical (unpaired) electrons. The highest BCUT2D eigenvalue weighted by atomic mass is 16.5. The van der Waals surface area contributed by atoms with Crippen LogP contribution in [0.2, 0.25) is 0 Å². The molecule has 2 heterocycles. The molecule has 0 amide bonds. The first-order valence-corrected chi connectivity index (χ1v) is 13.7. The van der Waals surface area contributed by atoms with Gasteiger partial charge in [0.05, 0.1) is 18.9 Å². The van der Waals surface area contributed by atoms with Gasteiger partial charge in [-0.2, -0.15) is 0 Å². The minimum atomic E-state index is -1.01. The van der Waals surface area contributed by atoms with E-state index in [1.165, 1.54) is 5.56 Å². The fraction of sp³-hybridized carbons (Fsp3) is 0.235. The number of carboxylic acids is 1. The Morgan fingerprint density at radius 2 is 1.71 bits per heavy atom. The number of rotatable bonds is 11. The molecule has 5 rings (SSSR count). The molecule has 0 atom stereocenters. The van der Waals surface area contributed by atoms with Crippen LogP contribution in [0.1, 0.15) is 22.3 Å². The molecule has 1 aliphatic rings. The Balaban J connectivity index is 1.35. The number of ether oxygens (including phenoxy) is 3. The zero-order valence-corrected chi connectivity index (χ0v) is 23.2. The van der Waals surface area contributed by atoms with E-state index in [2.05, 4.69) is 53.4 Å². The average Bonchev–Trinajstić information content (AvgIpc) is 3.00. The largest absolute Gasteiger partial charge is 0.489 e. The van der Waals surface area contributed by atoms with Gasteiger partial charge in [-0.1, -0.05) is 60.7 Å². The van der Waals surface area contributed by atoms with Gasteiger partial charge in [0.15, 0.2) is 6.61 Å². The maximum absolute atomic E-state index is 10.8. The van der Waals surface area contributed by atoms with Crippen molar-refractivity contribution in [3.05, 3.63) is 119 Å². The summed E-state index contributed by atoms with van der Waals surface area (Å²) in [5, 5.41) is 8.87. The van der Waals surface area contributed by atoms with Gasteiger partial charge in [0.1, 0.15) is 18.1 Å². The monoisotopic (exact) mass is 550 g/mol. The second kappa shape index (κ2) is 13.7. The van der Waals surface area contributed by atoms with Crippen LogP contribution in [0.3, 0.4) is 0 Å². The van der Waals surface area contributed by atoms with Crippen LogP contribution < -0.4 is 9.47 Å². The van der Waals surface area contributed by atoms with Crippen molar-refractivity contribution in [1.29, 1.82) is 0 Å². The maximum atomic E-state index is 10.8. The van der Waals surface area contributed by atoms with Gasteiger partial charge < -0.3 is 19.3 Å². The fourth-order valence-electron chi connectivity index (χ4n) is 4.78. The SMILES string of the molecule is Cc1cc(OC/C=C(\c2ccc(CN3CCOCC3)cc2)c2ccc(-c3ccccc3)nc2)ccc1OCC(=O)O. The smallest absolute Gasteiger partial charge is 0.341 e. The Bertz CT molecular complexity index is 1460. The van der Waals surface area contributed by atoms with Crippen LogP contribution in [-0.2, 0) is 16.1 Å². The highest BCUT2D eigenvalue weighted by molar-refractivity contribution is 5.80. The lowest BCUT2D eigenvalue weighted by Gasteiger charge is -2.26. The molecule has 41 heavy (non-hydrogen) atoms. The summed E-state index contributed by atoms with van der Waals surface area (Å²) in [7, 11) is 0. The van der Waals surface area contributed by atoms with Crippen molar-refractivity contribution in [2.45, 2.75) is 13.5 Å². The van der Waals surface area contributed by atoms with E-state index in [1.54, 1.807) is 12.1 Å². The molecular formula is C34H34N2O5. The number of carbonyl (C=O) groups is 1. The molecule has 7 heteroatoms. The van der Waals surface area contributed by atoms with Crippen molar-refractivity contribution in [2.75, 3.05) is 39.5 Å². The van der Waals surface area contributed by atoms with Crippen LogP contribution >= 0.6 is 0 Å². The fourth-order valence-corrected chi connectivity index (χ4v) is 4.78. The molecule has 3 aromatic carbocycles. The van der Waals surface area contributed by atoms with Gasteiger partial charge in [0, 0.05) is 37.0 Å². The molecule has 0 saturated carbocycles. The summed E-state index contributed by atoms with van der Waals surface area (Å²) >= 11 is 0. The number of morpholine rings is 1. The zero-order valence-electron chi connectivity index (χ0n) is 23.2. The van der Waals surface area contributed by atoms with Crippen molar-refractivity contribution in [2.24, 2.45) is 0 Å². The topological polar surface area (TPSA) is 81.1 Å². The van der Waals surface area contributed by atoms with E-state index in [9.17, 15) is 4.79 Å². The Labute approximate surface area is 240 Å². The Morgan fingerprint density at radius 1 is 0.951 bits per heavy atom. The molecule has 0 unspecified atom stereocenters. The summed E-state index contributed by atoms with van der Waals surface area (Å²) in [6.45, 7) is 6.22. The molecule has 0 bridgehead atoms. The predicted molar refractivity (Wildman–Crippen MR) is 159 cm³/mol. The van der Waals surface area contributed by atoms with Crippen LogP contribution in [0.4, 0.5) is 0 Å². The molecule has 1 N–H and O–H groups in total. The predicted octanol–water partition coefficient (Wildman–Crippen LogP) is 5.86. The maximum Gasteiger partial charge on any atom is 0.341 e. The zero-order chi connectivity index (χ0) is 28.4. The molecule has 1 aliphatic heterocycles. The number of carboxylic acid groups (broad SMARTS) is 1. The number of hydrogen-bond acceptors (Lipinski definition) is 6. The Kier molecular flexibility index (Phi) is 9.41. The number of aromatic nitrogens is 1. The number of pyridine rings is 1. The second-order valence-corrected chi connectivity index (χ2v) is 9.92. The molecule has 1 saturated heterocycles. The van der Waals surface area contributed by atoms with Gasteiger partial charge in [-0.3, -0.25) is 9.88 Å². The van der Waals surface area contributed by atoms with E-state index in [0.717, 1.165) is 66.4 Å². The lowest BCUT2D eigenvalue weighted by Crippen LogP contribution is -2.35. The average molecular weight is 551 g/mol. The number of hydrogen-bond donors (Lipinski definition) is 1. The number of aliphatic carboxylic acids is 1. The van der Waals surface area contributed by atoms with E-state index in [0.29, 0.717) is 18.1 Å². The summed E-state index contributed by atoms with van der Waals surface area (Å²) in [6, 6.07) is 28.3. The van der Waals surface area contributed by atoms with Gasteiger partial charge in [-0.25, -0.2) is 4.79 Å². The summed E-state index contributed by atoms with van der Waals surface area (Å²) in [5.41, 5.74) is 7.20. The van der Waals surface area contributed by atoms with Gasteiger partial charge in [-0.05, 0) is 59.5 Å². The molecule has 1 fully saturated rings. The van der Waals surface area contributed by atoms with Gasteiger partial charge in [-0.15, -0.1) is 0 Å². The lowest BCUT2D eigenvalue weighted by molar-refractivity contribution is -0.139. The normalized spacial score (nSPS) is 14.0. The number of aryl methyl sites for hydroxylation is 1. The first-order valence-electron chi connectivity index (χ1n) is 13.7. The number of nitrogens with zero attached hydrogens (tertiary/aromatic N) is 2. The molecule has 0 spiro atoms. The highest BCUT2D eigenvalue weighted by Gasteiger charge is 2.12. The highest BCUT2D eigenvalue weighted by Crippen LogP contribution is 2.27. The minimum Gasteiger partial charge on any atom is -0.489 e. The van der Waals surface area contributed by atoms with Crippen molar-refractivity contribution in [3.63, 3.8) is 0 Å². The Morgan fingerprint density at radius 3 is 2.39 bits per heavy atom. The van der Waals surface area contributed by atoms with Crippen molar-refractivity contribution in [1.82, 2.24) is 9.88 Å². The van der Waals surface area contributed by atoms with Crippen LogP contribution in [-0.4, -0.2) is 60.5 Å². The quantitative estimate of drug-likeness (QED) is 0.250. The van der Waals surface area contributed by atoms with Crippen molar-refractivity contribution >= 4 is 11.5 Å². The van der Waals surface area contributed by atoms with Gasteiger partial charge in [0.2, 0.25) is 0 Å². The van der Waals surface area contributed by atoms with Crippen molar-refractivity contribution < 1.29 is 24.1 Å². The van der Waals surface area contributed by atoms with E-state index in [-0.39, 0.29) is 6.61 Å². The number of benzene rings is 3. The van der Waals surface area contributed by atoms with Crippen LogP contribution in [0.5, 0.6) is 11.5 Å². The molecular weight excluding hydrogens is 516 g/mol. The summed E-state index contributed by atoms with van der Waals surface area (Å²) in [6.07, 6.45) is 3.98. The summed E-state index contributed by atoms with van der Waals surface area (Å²) in [4.78, 5) is 18.0. The van der Waals surface area contributed by atoms with Crippen LogP contribution in [0.25, 0.3) is 16.8 Å². The first-order chi connectivity index (χ1) is 20.0. The second-order valence-electron chi connectivity index (χ2n) is 9.92. The molecule has 1 aromatic heterocycles.